The highest BCUT2D eigenvalue weighted by Crippen LogP contribution is 2.28. The van der Waals surface area contributed by atoms with E-state index in [4.69, 9.17) is 16.3 Å². The number of aromatic nitrogens is 3. The maximum Gasteiger partial charge on any atom is 0.416 e. The number of amides is 1. The molecular weight excluding hydrogens is 422 g/mol. The Morgan fingerprint density at radius 1 is 1.32 bits per heavy atom. The summed E-state index contributed by atoms with van der Waals surface area (Å²) in [7, 11) is 0. The van der Waals surface area contributed by atoms with Crippen LogP contribution in [0.2, 0.25) is 5.15 Å². The molecule has 0 atom stereocenters. The third-order valence-corrected chi connectivity index (χ3v) is 4.62. The predicted octanol–water partition coefficient (Wildman–Crippen LogP) is 5.36. The number of benzene rings is 1. The first-order chi connectivity index (χ1) is 14.5. The number of hydrogen-bond donors (Lipinski definition) is 0. The molecule has 0 spiro atoms. The number of non-ortho nitro benzene ring substituents is 1. The van der Waals surface area contributed by atoms with Gasteiger partial charge in [0, 0.05) is 23.8 Å². The molecule has 0 N–H and O–H groups in total. The molecule has 10 heteroatoms. The van der Waals surface area contributed by atoms with E-state index in [1.54, 1.807) is 39.1 Å². The number of carbonyl (C=O) groups is 1. The molecule has 0 aliphatic carbocycles. The molecule has 0 unspecified atom stereocenters. The number of nitrogens with zero attached hydrogens (tertiary/aromatic N) is 5. The minimum absolute atomic E-state index is 0.0168. The highest BCUT2D eigenvalue weighted by Gasteiger charge is 2.27. The van der Waals surface area contributed by atoms with Gasteiger partial charge in [0.25, 0.3) is 5.69 Å². The van der Waals surface area contributed by atoms with Gasteiger partial charge in [-0.3, -0.25) is 15.0 Å². The second-order valence-electron chi connectivity index (χ2n) is 8.42. The summed E-state index contributed by atoms with van der Waals surface area (Å²) in [5.41, 5.74) is 1.15. The van der Waals surface area contributed by atoms with E-state index in [1.807, 2.05) is 13.8 Å². The summed E-state index contributed by atoms with van der Waals surface area (Å²) in [5, 5.41) is 15.8. The van der Waals surface area contributed by atoms with Crippen molar-refractivity contribution in [2.24, 2.45) is 0 Å². The quantitative estimate of drug-likeness (QED) is 0.297. The lowest BCUT2D eigenvalue weighted by Gasteiger charge is -2.27. The first-order valence-corrected chi connectivity index (χ1v) is 10.1. The van der Waals surface area contributed by atoms with Gasteiger partial charge in [-0.2, -0.15) is 9.61 Å². The van der Waals surface area contributed by atoms with Crippen molar-refractivity contribution >= 4 is 34.8 Å². The summed E-state index contributed by atoms with van der Waals surface area (Å²) in [6.07, 6.45) is 1.05. The number of halogens is 1. The largest absolute Gasteiger partial charge is 0.443 e. The molecule has 2 heterocycles. The molecule has 0 aliphatic heterocycles. The number of hydrogen-bond acceptors (Lipinski definition) is 6. The molecule has 1 amide bonds. The molecule has 3 aromatic rings. The molecule has 0 radical (unpaired) electrons. The SMILES string of the molecule is CC(C)c1cnn2c(N(Cc3cccc([N+](=O)[O-])c3)C(=O)OC(C)(C)C)cc(Cl)nc12. The predicted molar refractivity (Wildman–Crippen MR) is 118 cm³/mol. The van der Waals surface area contributed by atoms with Crippen LogP contribution in [0.25, 0.3) is 5.65 Å². The highest BCUT2D eigenvalue weighted by atomic mass is 35.5. The van der Waals surface area contributed by atoms with Gasteiger partial charge >= 0.3 is 6.09 Å². The molecule has 1 aromatic carbocycles. The Morgan fingerprint density at radius 2 is 2.03 bits per heavy atom. The lowest BCUT2D eigenvalue weighted by molar-refractivity contribution is -0.384. The van der Waals surface area contributed by atoms with Crippen molar-refractivity contribution in [1.29, 1.82) is 0 Å². The third kappa shape index (κ3) is 5.11. The fraction of sp³-hybridized carbons (Fsp3) is 0.381. The molecule has 164 valence electrons. The average Bonchev–Trinajstić information content (AvgIpc) is 3.08. The number of fused-ring (bicyclic) bond motifs is 1. The first-order valence-electron chi connectivity index (χ1n) is 9.74. The van der Waals surface area contributed by atoms with Crippen molar-refractivity contribution in [2.75, 3.05) is 4.90 Å². The minimum atomic E-state index is -0.749. The Kier molecular flexibility index (Phi) is 6.17. The molecule has 0 saturated carbocycles. The standard InChI is InChI=1S/C21H24ClN5O4/c1-13(2)16-11-23-26-18(10-17(22)24-19(16)26)25(20(28)31-21(3,4)5)12-14-7-6-8-15(9-14)27(29)30/h6-11,13H,12H2,1-5H3. The van der Waals surface area contributed by atoms with Gasteiger partial charge in [-0.05, 0) is 32.3 Å². The Hall–Kier alpha value is -3.20. The zero-order chi connectivity index (χ0) is 22.9. The van der Waals surface area contributed by atoms with Crippen LogP contribution in [-0.4, -0.2) is 31.2 Å². The number of carbonyl (C=O) groups excluding carboxylic acids is 1. The van der Waals surface area contributed by atoms with Gasteiger partial charge < -0.3 is 4.74 Å². The van der Waals surface area contributed by atoms with Gasteiger partial charge in [-0.25, -0.2) is 9.78 Å². The molecule has 2 aromatic heterocycles. The van der Waals surface area contributed by atoms with Crippen molar-refractivity contribution in [1.82, 2.24) is 14.6 Å². The smallest absolute Gasteiger partial charge is 0.416 e. The second kappa shape index (κ2) is 8.50. The third-order valence-electron chi connectivity index (χ3n) is 4.42. The van der Waals surface area contributed by atoms with Crippen LogP contribution in [0.5, 0.6) is 0 Å². The molecule has 9 nitrogen and oxygen atoms in total. The van der Waals surface area contributed by atoms with Crippen molar-refractivity contribution in [2.45, 2.75) is 52.7 Å². The summed E-state index contributed by atoms with van der Waals surface area (Å²) in [6.45, 7) is 9.31. The van der Waals surface area contributed by atoms with E-state index in [9.17, 15) is 14.9 Å². The molecule has 0 fully saturated rings. The van der Waals surface area contributed by atoms with Crippen LogP contribution in [0.1, 0.15) is 51.7 Å². The Balaban J connectivity index is 2.14. The number of anilines is 1. The van der Waals surface area contributed by atoms with Crippen molar-refractivity contribution in [3.8, 4) is 0 Å². The number of rotatable bonds is 5. The Labute approximate surface area is 184 Å². The van der Waals surface area contributed by atoms with Crippen LogP contribution in [0.15, 0.2) is 36.5 Å². The number of nitro groups is 1. The Bertz CT molecular complexity index is 1140. The highest BCUT2D eigenvalue weighted by molar-refractivity contribution is 6.29. The molecule has 3 rings (SSSR count). The van der Waals surface area contributed by atoms with E-state index in [2.05, 4.69) is 10.1 Å². The van der Waals surface area contributed by atoms with Gasteiger partial charge in [0.15, 0.2) is 5.65 Å². The Morgan fingerprint density at radius 3 is 2.65 bits per heavy atom. The molecule has 0 saturated heterocycles. The zero-order valence-electron chi connectivity index (χ0n) is 18.0. The van der Waals surface area contributed by atoms with Gasteiger partial charge in [-0.1, -0.05) is 37.6 Å². The topological polar surface area (TPSA) is 103 Å². The fourth-order valence-electron chi connectivity index (χ4n) is 3.04. The summed E-state index contributed by atoms with van der Waals surface area (Å²) >= 11 is 6.29. The van der Waals surface area contributed by atoms with E-state index >= 15 is 0 Å². The number of ether oxygens (including phenoxy) is 1. The molecule has 0 bridgehead atoms. The van der Waals surface area contributed by atoms with Crippen LogP contribution >= 0.6 is 11.6 Å². The van der Waals surface area contributed by atoms with Gasteiger partial charge in [0.2, 0.25) is 0 Å². The normalized spacial score (nSPS) is 11.7. The maximum absolute atomic E-state index is 13.1. The summed E-state index contributed by atoms with van der Waals surface area (Å²) < 4.78 is 7.13. The second-order valence-corrected chi connectivity index (χ2v) is 8.81. The number of nitro benzene ring substituents is 1. The maximum atomic E-state index is 13.1. The van der Waals surface area contributed by atoms with Crippen LogP contribution < -0.4 is 4.90 Å². The summed E-state index contributed by atoms with van der Waals surface area (Å²) in [5.74, 6) is 0.491. The molecule has 0 aliphatic rings. The molecule has 31 heavy (non-hydrogen) atoms. The average molecular weight is 446 g/mol. The van der Waals surface area contributed by atoms with Crippen molar-refractivity contribution in [3.63, 3.8) is 0 Å². The van der Waals surface area contributed by atoms with Gasteiger partial charge in [0.1, 0.15) is 16.6 Å². The fourth-order valence-corrected chi connectivity index (χ4v) is 3.22. The van der Waals surface area contributed by atoms with E-state index < -0.39 is 16.6 Å². The van der Waals surface area contributed by atoms with Crippen LogP contribution in [-0.2, 0) is 11.3 Å². The summed E-state index contributed by atoms with van der Waals surface area (Å²) in [4.78, 5) is 29.6. The lowest BCUT2D eigenvalue weighted by Crippen LogP contribution is -2.37. The first kappa shape index (κ1) is 22.5. The summed E-state index contributed by atoms with van der Waals surface area (Å²) in [6, 6.07) is 7.60. The van der Waals surface area contributed by atoms with E-state index in [1.165, 1.54) is 27.6 Å². The minimum Gasteiger partial charge on any atom is -0.443 e. The van der Waals surface area contributed by atoms with E-state index in [0.717, 1.165) is 5.56 Å². The molecular formula is C21H24ClN5O4. The van der Waals surface area contributed by atoms with Crippen molar-refractivity contribution in [3.05, 3.63) is 62.9 Å². The monoisotopic (exact) mass is 445 g/mol. The zero-order valence-corrected chi connectivity index (χ0v) is 18.8. The van der Waals surface area contributed by atoms with Gasteiger partial charge in [0.05, 0.1) is 17.7 Å². The van der Waals surface area contributed by atoms with E-state index in [-0.39, 0.29) is 23.3 Å². The van der Waals surface area contributed by atoms with Crippen molar-refractivity contribution < 1.29 is 14.5 Å². The van der Waals surface area contributed by atoms with E-state index in [0.29, 0.717) is 17.0 Å². The van der Waals surface area contributed by atoms with Crippen LogP contribution in [0, 0.1) is 10.1 Å². The van der Waals surface area contributed by atoms with Crippen LogP contribution in [0.3, 0.4) is 0 Å². The van der Waals surface area contributed by atoms with Crippen LogP contribution in [0.4, 0.5) is 16.3 Å². The lowest BCUT2D eigenvalue weighted by atomic mass is 10.1. The van der Waals surface area contributed by atoms with Gasteiger partial charge in [-0.15, -0.1) is 0 Å².